The molecule has 5 heteroatoms. The van der Waals surface area contributed by atoms with Crippen LogP contribution in [0.15, 0.2) is 29.3 Å². The molecule has 21 heavy (non-hydrogen) atoms. The molecule has 1 aromatic rings. The Balaban J connectivity index is 2.12. The Morgan fingerprint density at radius 1 is 1.38 bits per heavy atom. The molecule has 2 unspecified atom stereocenters. The van der Waals surface area contributed by atoms with Crippen LogP contribution in [0, 0.1) is 11.8 Å². The molecule has 0 heterocycles. The van der Waals surface area contributed by atoms with Crippen LogP contribution in [0.2, 0.25) is 5.02 Å². The van der Waals surface area contributed by atoms with Crippen molar-refractivity contribution in [1.29, 1.82) is 0 Å². The lowest BCUT2D eigenvalue weighted by atomic mass is 9.78. The summed E-state index contributed by atoms with van der Waals surface area (Å²) in [4.78, 5) is 28.5. The molecule has 2 atom stereocenters. The summed E-state index contributed by atoms with van der Waals surface area (Å²) in [5.74, 6) is -1.27. The number of aliphatic imine (C=N–C) groups is 1. The van der Waals surface area contributed by atoms with Crippen molar-refractivity contribution in [3.8, 4) is 0 Å². The largest absolute Gasteiger partial charge is 0.465 e. The molecule has 0 amide bonds. The quantitative estimate of drug-likeness (QED) is 0.633. The Morgan fingerprint density at radius 2 is 2.05 bits per heavy atom. The molecule has 4 nitrogen and oxygen atoms in total. The van der Waals surface area contributed by atoms with Crippen LogP contribution in [0.25, 0.3) is 0 Å². The molecule has 1 fully saturated rings. The molecule has 0 N–H and O–H groups in total. The predicted octanol–water partition coefficient (Wildman–Crippen LogP) is 3.59. The fourth-order valence-electron chi connectivity index (χ4n) is 2.57. The summed E-state index contributed by atoms with van der Waals surface area (Å²) in [6, 6.07) is 7.14. The van der Waals surface area contributed by atoms with Crippen LogP contribution in [0.3, 0.4) is 0 Å². The summed E-state index contributed by atoms with van der Waals surface area (Å²) in [6.45, 7) is 3.92. The molecule has 2 rings (SSSR count). The first-order chi connectivity index (χ1) is 10.0. The van der Waals surface area contributed by atoms with E-state index in [1.54, 1.807) is 19.1 Å². The number of ether oxygens (including phenoxy) is 1. The Morgan fingerprint density at radius 3 is 2.62 bits per heavy atom. The molecule has 0 spiro atoms. The lowest BCUT2D eigenvalue weighted by Gasteiger charge is -2.26. The van der Waals surface area contributed by atoms with Gasteiger partial charge in [0.25, 0.3) is 0 Å². The highest BCUT2D eigenvalue weighted by atomic mass is 35.5. The topological polar surface area (TPSA) is 55.7 Å². The molecule has 1 aliphatic rings. The summed E-state index contributed by atoms with van der Waals surface area (Å²) >= 11 is 5.83. The molecular weight excluding hydrogens is 290 g/mol. The van der Waals surface area contributed by atoms with E-state index in [4.69, 9.17) is 16.3 Å². The third kappa shape index (κ3) is 3.91. The van der Waals surface area contributed by atoms with E-state index >= 15 is 0 Å². The van der Waals surface area contributed by atoms with Crippen molar-refractivity contribution in [3.05, 3.63) is 29.3 Å². The van der Waals surface area contributed by atoms with E-state index in [-0.39, 0.29) is 18.1 Å². The number of hydrogen-bond acceptors (Lipinski definition) is 4. The van der Waals surface area contributed by atoms with Crippen molar-refractivity contribution < 1.29 is 14.3 Å². The van der Waals surface area contributed by atoms with E-state index in [0.29, 0.717) is 18.1 Å². The molecule has 112 valence electrons. The number of rotatable bonds is 3. The minimum atomic E-state index is -0.658. The van der Waals surface area contributed by atoms with Crippen LogP contribution >= 0.6 is 11.6 Å². The van der Waals surface area contributed by atoms with E-state index in [0.717, 1.165) is 11.4 Å². The Hall–Kier alpha value is -1.68. The van der Waals surface area contributed by atoms with Gasteiger partial charge >= 0.3 is 5.97 Å². The number of esters is 1. The van der Waals surface area contributed by atoms with Crippen LogP contribution < -0.4 is 0 Å². The normalized spacial score (nSPS) is 24.1. The predicted molar refractivity (Wildman–Crippen MR) is 82.1 cm³/mol. The van der Waals surface area contributed by atoms with E-state index in [2.05, 4.69) is 4.99 Å². The summed E-state index contributed by atoms with van der Waals surface area (Å²) < 4.78 is 4.97. The van der Waals surface area contributed by atoms with Crippen LogP contribution in [-0.4, -0.2) is 24.1 Å². The highest BCUT2D eigenvalue weighted by Crippen LogP contribution is 2.28. The van der Waals surface area contributed by atoms with Crippen molar-refractivity contribution in [2.75, 3.05) is 6.61 Å². The fourth-order valence-corrected chi connectivity index (χ4v) is 2.70. The van der Waals surface area contributed by atoms with Gasteiger partial charge in [0, 0.05) is 17.2 Å². The molecule has 1 saturated carbocycles. The monoisotopic (exact) mass is 307 g/mol. The van der Waals surface area contributed by atoms with Crippen LogP contribution in [0.4, 0.5) is 5.69 Å². The number of ketones is 1. The van der Waals surface area contributed by atoms with Gasteiger partial charge in [0.15, 0.2) is 5.78 Å². The van der Waals surface area contributed by atoms with Gasteiger partial charge in [-0.1, -0.05) is 18.5 Å². The molecule has 0 bridgehead atoms. The highest BCUT2D eigenvalue weighted by molar-refractivity contribution is 6.30. The second kappa shape index (κ2) is 6.85. The van der Waals surface area contributed by atoms with Gasteiger partial charge in [0.05, 0.1) is 12.3 Å². The number of nitrogens with zero attached hydrogens (tertiary/aromatic N) is 1. The third-order valence-electron chi connectivity index (χ3n) is 3.51. The van der Waals surface area contributed by atoms with Gasteiger partial charge in [-0.3, -0.25) is 14.6 Å². The second-order valence-electron chi connectivity index (χ2n) is 5.21. The maximum Gasteiger partial charge on any atom is 0.316 e. The zero-order chi connectivity index (χ0) is 15.4. The summed E-state index contributed by atoms with van der Waals surface area (Å²) in [5.41, 5.74) is 1.57. The molecule has 0 aliphatic heterocycles. The van der Waals surface area contributed by atoms with E-state index in [1.165, 1.54) is 0 Å². The Kier molecular flexibility index (Phi) is 5.12. The van der Waals surface area contributed by atoms with Gasteiger partial charge in [0.2, 0.25) is 0 Å². The van der Waals surface area contributed by atoms with E-state index < -0.39 is 11.9 Å². The molecule has 0 radical (unpaired) electrons. The zero-order valence-corrected chi connectivity index (χ0v) is 12.9. The van der Waals surface area contributed by atoms with Crippen molar-refractivity contribution >= 4 is 34.8 Å². The Bertz CT molecular complexity index is 565. The first-order valence-corrected chi connectivity index (χ1v) is 7.40. The van der Waals surface area contributed by atoms with Crippen molar-refractivity contribution in [1.82, 2.24) is 0 Å². The van der Waals surface area contributed by atoms with Crippen molar-refractivity contribution in [3.63, 3.8) is 0 Å². The smallest absolute Gasteiger partial charge is 0.316 e. The van der Waals surface area contributed by atoms with Gasteiger partial charge in [-0.2, -0.15) is 0 Å². The highest BCUT2D eigenvalue weighted by Gasteiger charge is 2.38. The van der Waals surface area contributed by atoms with Gasteiger partial charge in [-0.15, -0.1) is 0 Å². The average Bonchev–Trinajstić information content (AvgIpc) is 2.41. The number of halogens is 1. The average molecular weight is 308 g/mol. The minimum Gasteiger partial charge on any atom is -0.465 e. The maximum atomic E-state index is 12.2. The number of hydrogen-bond donors (Lipinski definition) is 0. The molecule has 0 saturated heterocycles. The summed E-state index contributed by atoms with van der Waals surface area (Å²) in [6.07, 6.45) is 0.828. The number of carbonyl (C=O) groups is 2. The fraction of sp³-hybridized carbons (Fsp3) is 0.438. The Labute approximate surface area is 129 Å². The number of benzene rings is 1. The van der Waals surface area contributed by atoms with Gasteiger partial charge < -0.3 is 4.74 Å². The lowest BCUT2D eigenvalue weighted by Crippen LogP contribution is -2.38. The standard InChI is InChI=1S/C16H18ClNO3/c1-3-21-16(20)15-10(2)8-13(9-14(15)19)18-12-6-4-11(17)5-7-12/h4-7,10,15H,3,8-9H2,1-2H3. The summed E-state index contributed by atoms with van der Waals surface area (Å²) in [7, 11) is 0. The minimum absolute atomic E-state index is 0.0867. The molecule has 1 aliphatic carbocycles. The first-order valence-electron chi connectivity index (χ1n) is 7.02. The maximum absolute atomic E-state index is 12.2. The van der Waals surface area contributed by atoms with Crippen molar-refractivity contribution in [2.24, 2.45) is 16.8 Å². The molecular formula is C16H18ClNO3. The number of carbonyl (C=O) groups excluding carboxylic acids is 2. The van der Waals surface area contributed by atoms with Crippen molar-refractivity contribution in [2.45, 2.75) is 26.7 Å². The van der Waals surface area contributed by atoms with Crippen LogP contribution in [0.1, 0.15) is 26.7 Å². The second-order valence-corrected chi connectivity index (χ2v) is 5.65. The number of Topliss-reactive ketones (excluding diaryl/α,β-unsaturated/α-hetero) is 1. The van der Waals surface area contributed by atoms with Crippen LogP contribution in [0.5, 0.6) is 0 Å². The lowest BCUT2D eigenvalue weighted by molar-refractivity contribution is -0.153. The van der Waals surface area contributed by atoms with Gasteiger partial charge in [-0.25, -0.2) is 0 Å². The third-order valence-corrected chi connectivity index (χ3v) is 3.76. The van der Waals surface area contributed by atoms with E-state index in [9.17, 15) is 9.59 Å². The SMILES string of the molecule is CCOC(=O)C1C(=O)CC(=Nc2ccc(Cl)cc2)CC1C. The van der Waals surface area contributed by atoms with Gasteiger partial charge in [0.1, 0.15) is 5.92 Å². The van der Waals surface area contributed by atoms with E-state index in [1.807, 2.05) is 19.1 Å². The van der Waals surface area contributed by atoms with Crippen LogP contribution in [-0.2, 0) is 14.3 Å². The summed E-state index contributed by atoms with van der Waals surface area (Å²) in [5, 5.41) is 0.648. The zero-order valence-electron chi connectivity index (χ0n) is 12.1. The van der Waals surface area contributed by atoms with Gasteiger partial charge in [-0.05, 0) is 43.5 Å². The molecule has 0 aromatic heterocycles. The first kappa shape index (κ1) is 15.7. The molecule has 1 aromatic carbocycles.